The van der Waals surface area contributed by atoms with Gasteiger partial charge in [0, 0.05) is 24.7 Å². The van der Waals surface area contributed by atoms with E-state index in [9.17, 15) is 26.4 Å². The van der Waals surface area contributed by atoms with E-state index in [2.05, 4.69) is 9.84 Å². The first-order chi connectivity index (χ1) is 17.5. The third-order valence-electron chi connectivity index (χ3n) is 5.56. The first-order valence-electron chi connectivity index (χ1n) is 11.3. The molecule has 0 amide bonds. The molecule has 3 aromatic carbocycles. The largest absolute Gasteiger partial charge is 0.573 e. The number of benzene rings is 3. The van der Waals surface area contributed by atoms with Gasteiger partial charge in [-0.25, -0.2) is 13.1 Å². The highest BCUT2D eigenvalue weighted by Crippen LogP contribution is 2.26. The number of rotatable bonds is 9. The molecule has 192 valence electrons. The van der Waals surface area contributed by atoms with Gasteiger partial charge in [-0.15, -0.1) is 13.2 Å². The summed E-state index contributed by atoms with van der Waals surface area (Å²) in [7, 11) is -3.34. The lowest BCUT2D eigenvalue weighted by atomic mass is 10.0. The molecule has 4 aromatic rings. The molecule has 0 aliphatic heterocycles. The lowest BCUT2D eigenvalue weighted by Crippen LogP contribution is -2.17. The molecule has 37 heavy (non-hydrogen) atoms. The molecule has 0 aliphatic carbocycles. The SMILES string of the molecule is CS(=O)(=O)c1ccc(-n2nc(CCC(=O)Cc3ccc(OC(F)(F)F)cc3)cc2-c2ccccc2)cc1. The van der Waals surface area contributed by atoms with Crippen molar-refractivity contribution < 1.29 is 31.1 Å². The van der Waals surface area contributed by atoms with Crippen LogP contribution in [0.5, 0.6) is 5.75 Å². The van der Waals surface area contributed by atoms with Crippen molar-refractivity contribution in [3.8, 4) is 22.7 Å². The third kappa shape index (κ3) is 7.07. The van der Waals surface area contributed by atoms with Gasteiger partial charge >= 0.3 is 6.36 Å². The van der Waals surface area contributed by atoms with E-state index in [0.717, 1.165) is 17.5 Å². The fraction of sp³-hybridized carbons (Fsp3) is 0.185. The van der Waals surface area contributed by atoms with Gasteiger partial charge in [0.25, 0.3) is 0 Å². The molecule has 0 N–H and O–H groups in total. The van der Waals surface area contributed by atoms with Crippen molar-refractivity contribution >= 4 is 15.6 Å². The van der Waals surface area contributed by atoms with Crippen molar-refractivity contribution in [3.63, 3.8) is 0 Å². The van der Waals surface area contributed by atoms with Gasteiger partial charge in [-0.05, 0) is 54.4 Å². The van der Waals surface area contributed by atoms with Crippen molar-refractivity contribution in [3.05, 3.63) is 96.2 Å². The highest BCUT2D eigenvalue weighted by atomic mass is 32.2. The monoisotopic (exact) mass is 528 g/mol. The minimum atomic E-state index is -4.77. The molecular formula is C27H23F3N2O4S. The standard InChI is InChI=1S/C27H23F3N2O4S/c1-37(34,35)25-15-10-22(11-16-25)32-26(20-5-3-2-4-6-20)18-21(31-32)9-12-23(33)17-19-7-13-24(14-8-19)36-27(28,29)30/h2-8,10-11,13-16,18H,9,12,17H2,1H3. The average molecular weight is 529 g/mol. The van der Waals surface area contributed by atoms with Gasteiger partial charge in [0.05, 0.1) is 22.0 Å². The number of ketones is 1. The molecule has 0 saturated carbocycles. The zero-order valence-electron chi connectivity index (χ0n) is 19.8. The van der Waals surface area contributed by atoms with Crippen molar-refractivity contribution in [2.75, 3.05) is 6.26 Å². The molecule has 0 bridgehead atoms. The molecule has 6 nitrogen and oxygen atoms in total. The average Bonchev–Trinajstić information content (AvgIpc) is 3.28. The highest BCUT2D eigenvalue weighted by molar-refractivity contribution is 7.90. The summed E-state index contributed by atoms with van der Waals surface area (Å²) >= 11 is 0. The van der Waals surface area contributed by atoms with E-state index >= 15 is 0 Å². The van der Waals surface area contributed by atoms with Crippen molar-refractivity contribution in [2.45, 2.75) is 30.5 Å². The smallest absolute Gasteiger partial charge is 0.406 e. The maximum Gasteiger partial charge on any atom is 0.573 e. The number of aryl methyl sites for hydroxylation is 1. The van der Waals surface area contributed by atoms with E-state index < -0.39 is 16.2 Å². The summed E-state index contributed by atoms with van der Waals surface area (Å²) in [5.74, 6) is -0.426. The number of aromatic nitrogens is 2. The van der Waals surface area contributed by atoms with Crippen LogP contribution < -0.4 is 4.74 Å². The van der Waals surface area contributed by atoms with E-state index in [4.69, 9.17) is 0 Å². The Morgan fingerprint density at radius 1 is 0.946 bits per heavy atom. The third-order valence-corrected chi connectivity index (χ3v) is 6.69. The highest BCUT2D eigenvalue weighted by Gasteiger charge is 2.31. The summed E-state index contributed by atoms with van der Waals surface area (Å²) in [6.07, 6.45) is -2.99. The number of carbonyl (C=O) groups is 1. The molecule has 1 aromatic heterocycles. The second kappa shape index (κ2) is 10.6. The Morgan fingerprint density at radius 2 is 1.59 bits per heavy atom. The summed E-state index contributed by atoms with van der Waals surface area (Å²) in [6.45, 7) is 0. The maximum absolute atomic E-state index is 12.6. The summed E-state index contributed by atoms with van der Waals surface area (Å²) < 4.78 is 66.2. The van der Waals surface area contributed by atoms with Gasteiger partial charge < -0.3 is 4.74 Å². The first-order valence-corrected chi connectivity index (χ1v) is 13.2. The Balaban J connectivity index is 1.49. The second-order valence-corrected chi connectivity index (χ2v) is 10.5. The van der Waals surface area contributed by atoms with Crippen LogP contribution in [-0.2, 0) is 27.5 Å². The van der Waals surface area contributed by atoms with Gasteiger partial charge in [0.1, 0.15) is 11.5 Å². The number of ether oxygens (including phenoxy) is 1. The Labute approximate surface area is 212 Å². The van der Waals surface area contributed by atoms with E-state index in [-0.39, 0.29) is 29.3 Å². The summed E-state index contributed by atoms with van der Waals surface area (Å²) in [6, 6.07) is 23.1. The zero-order chi connectivity index (χ0) is 26.6. The van der Waals surface area contributed by atoms with Crippen molar-refractivity contribution in [2.24, 2.45) is 0 Å². The topological polar surface area (TPSA) is 78.3 Å². The molecule has 0 unspecified atom stereocenters. The van der Waals surface area contributed by atoms with E-state index in [0.29, 0.717) is 23.4 Å². The maximum atomic E-state index is 12.6. The quantitative estimate of drug-likeness (QED) is 0.283. The van der Waals surface area contributed by atoms with Crippen LogP contribution in [0.4, 0.5) is 13.2 Å². The first kappa shape index (κ1) is 26.2. The lowest BCUT2D eigenvalue weighted by Gasteiger charge is -2.09. The van der Waals surface area contributed by atoms with E-state index in [1.807, 2.05) is 36.4 Å². The number of halogens is 3. The Morgan fingerprint density at radius 3 is 2.19 bits per heavy atom. The van der Waals surface area contributed by atoms with Gasteiger partial charge in [0.2, 0.25) is 0 Å². The molecule has 1 heterocycles. The van der Waals surface area contributed by atoms with E-state index in [1.54, 1.807) is 16.8 Å². The normalized spacial score (nSPS) is 11.9. The predicted molar refractivity (Wildman–Crippen MR) is 132 cm³/mol. The van der Waals surface area contributed by atoms with Crippen molar-refractivity contribution in [1.29, 1.82) is 0 Å². The minimum absolute atomic E-state index is 0.0749. The molecule has 0 radical (unpaired) electrons. The van der Waals surface area contributed by atoms with E-state index in [1.165, 1.54) is 36.4 Å². The molecule has 0 atom stereocenters. The van der Waals surface area contributed by atoms with Gasteiger partial charge in [-0.2, -0.15) is 5.10 Å². The van der Waals surface area contributed by atoms with Gasteiger partial charge in [-0.1, -0.05) is 42.5 Å². The molecule has 0 fully saturated rings. The van der Waals surface area contributed by atoms with Crippen LogP contribution in [0.25, 0.3) is 16.9 Å². The Kier molecular flexibility index (Phi) is 7.49. The van der Waals surface area contributed by atoms with Gasteiger partial charge in [-0.3, -0.25) is 4.79 Å². The second-order valence-electron chi connectivity index (χ2n) is 8.47. The van der Waals surface area contributed by atoms with Crippen LogP contribution >= 0.6 is 0 Å². The van der Waals surface area contributed by atoms with Crippen LogP contribution in [0.1, 0.15) is 17.7 Å². The minimum Gasteiger partial charge on any atom is -0.406 e. The van der Waals surface area contributed by atoms with Crippen LogP contribution in [0.2, 0.25) is 0 Å². The molecule has 0 saturated heterocycles. The predicted octanol–water partition coefficient (Wildman–Crippen LogP) is 5.59. The van der Waals surface area contributed by atoms with Crippen LogP contribution in [0, 0.1) is 0 Å². The molecule has 4 rings (SSSR count). The summed E-state index contributed by atoms with van der Waals surface area (Å²) in [5, 5.41) is 4.67. The number of carbonyl (C=O) groups excluding carboxylic acids is 1. The number of hydrogen-bond acceptors (Lipinski definition) is 5. The molecule has 0 spiro atoms. The summed E-state index contributed by atoms with van der Waals surface area (Å²) in [4.78, 5) is 12.8. The molecule has 10 heteroatoms. The Bertz CT molecular complexity index is 1480. The number of alkyl halides is 3. The number of sulfone groups is 1. The zero-order valence-corrected chi connectivity index (χ0v) is 20.6. The number of nitrogens with zero attached hydrogens (tertiary/aromatic N) is 2. The van der Waals surface area contributed by atoms with Crippen LogP contribution in [-0.4, -0.2) is 36.6 Å². The fourth-order valence-corrected chi connectivity index (χ4v) is 4.42. The molecule has 0 aliphatic rings. The van der Waals surface area contributed by atoms with Crippen LogP contribution in [0.15, 0.2) is 89.8 Å². The molecular weight excluding hydrogens is 505 g/mol. The van der Waals surface area contributed by atoms with Gasteiger partial charge in [0.15, 0.2) is 9.84 Å². The Hall–Kier alpha value is -3.92. The summed E-state index contributed by atoms with van der Waals surface area (Å²) in [5.41, 5.74) is 3.62. The lowest BCUT2D eigenvalue weighted by molar-refractivity contribution is -0.274. The number of hydrogen-bond donors (Lipinski definition) is 0. The van der Waals surface area contributed by atoms with Crippen molar-refractivity contribution in [1.82, 2.24) is 9.78 Å². The number of Topliss-reactive ketones (excluding diaryl/α,β-unsaturated/α-hetero) is 1. The fourth-order valence-electron chi connectivity index (χ4n) is 3.79. The van der Waals surface area contributed by atoms with Crippen LogP contribution in [0.3, 0.4) is 0 Å².